The summed E-state index contributed by atoms with van der Waals surface area (Å²) in [5.41, 5.74) is 1.35. The van der Waals surface area contributed by atoms with Gasteiger partial charge in [0.15, 0.2) is 0 Å². The lowest BCUT2D eigenvalue weighted by Crippen LogP contribution is -2.40. The first-order valence-corrected chi connectivity index (χ1v) is 7.75. The molecule has 0 aromatic carbocycles. The van der Waals surface area contributed by atoms with Gasteiger partial charge in [0.05, 0.1) is 12.1 Å². The summed E-state index contributed by atoms with van der Waals surface area (Å²) in [5, 5.41) is 9.41. The molecule has 0 bridgehead atoms. The van der Waals surface area contributed by atoms with Crippen LogP contribution in [0.1, 0.15) is 41.4 Å². The fourth-order valence-corrected chi connectivity index (χ4v) is 3.24. The monoisotopic (exact) mass is 311 g/mol. The van der Waals surface area contributed by atoms with Gasteiger partial charge in [-0.15, -0.1) is 0 Å². The Labute approximate surface area is 133 Å². The van der Waals surface area contributed by atoms with Crippen LogP contribution < -0.4 is 5.32 Å². The Kier molecular flexibility index (Phi) is 3.33. The second kappa shape index (κ2) is 5.49. The van der Waals surface area contributed by atoms with Crippen molar-refractivity contribution >= 4 is 11.8 Å². The summed E-state index contributed by atoms with van der Waals surface area (Å²) in [5.74, 6) is -0.150. The van der Waals surface area contributed by atoms with Crippen LogP contribution in [0.15, 0.2) is 36.8 Å². The number of likely N-dealkylation sites (tertiary alicyclic amines) is 1. The molecule has 4 rings (SSSR count). The molecule has 2 atom stereocenters. The molecule has 0 spiro atoms. The molecule has 2 aromatic heterocycles. The number of amides is 2. The highest BCUT2D eigenvalue weighted by Gasteiger charge is 2.47. The summed E-state index contributed by atoms with van der Waals surface area (Å²) in [4.78, 5) is 30.9. The fraction of sp³-hybridized carbons (Fsp3) is 0.375. The van der Waals surface area contributed by atoms with Gasteiger partial charge in [0.2, 0.25) is 5.91 Å². The Morgan fingerprint density at radius 1 is 1.30 bits per heavy atom. The third-order valence-electron chi connectivity index (χ3n) is 4.39. The van der Waals surface area contributed by atoms with E-state index in [0.29, 0.717) is 18.2 Å². The van der Waals surface area contributed by atoms with Crippen LogP contribution in [-0.2, 0) is 4.79 Å². The van der Waals surface area contributed by atoms with E-state index in [4.69, 9.17) is 0 Å². The zero-order valence-electron chi connectivity index (χ0n) is 12.5. The summed E-state index contributed by atoms with van der Waals surface area (Å²) in [6, 6.07) is 5.31. The lowest BCUT2D eigenvalue weighted by molar-refractivity contribution is -0.129. The maximum absolute atomic E-state index is 12.5. The second-order valence-electron chi connectivity index (χ2n) is 6.02. The Bertz CT molecular complexity index is 711. The van der Waals surface area contributed by atoms with Crippen molar-refractivity contribution in [2.24, 2.45) is 0 Å². The van der Waals surface area contributed by atoms with Crippen molar-refractivity contribution in [2.45, 2.75) is 37.4 Å². The van der Waals surface area contributed by atoms with E-state index in [1.54, 1.807) is 18.5 Å². The molecule has 0 unspecified atom stereocenters. The van der Waals surface area contributed by atoms with E-state index in [1.165, 1.54) is 6.20 Å². The number of aromatic nitrogens is 3. The van der Waals surface area contributed by atoms with Crippen LogP contribution in [0.2, 0.25) is 0 Å². The summed E-state index contributed by atoms with van der Waals surface area (Å²) in [6.45, 7) is 0. The number of aromatic amines is 1. The third-order valence-corrected chi connectivity index (χ3v) is 4.39. The number of H-pyrrole nitrogens is 1. The number of nitrogens with zero attached hydrogens (tertiary/aromatic N) is 3. The summed E-state index contributed by atoms with van der Waals surface area (Å²) < 4.78 is 0. The summed E-state index contributed by atoms with van der Waals surface area (Å²) in [6.07, 6.45) is 7.39. The number of hydrogen-bond donors (Lipinski definition) is 2. The lowest BCUT2D eigenvalue weighted by Gasteiger charge is -2.28. The number of rotatable bonds is 4. The normalized spacial score (nSPS) is 24.0. The van der Waals surface area contributed by atoms with E-state index in [9.17, 15) is 9.59 Å². The maximum Gasteiger partial charge on any atom is 0.269 e. The van der Waals surface area contributed by atoms with Gasteiger partial charge in [-0.1, -0.05) is 6.07 Å². The quantitative estimate of drug-likeness (QED) is 0.882. The van der Waals surface area contributed by atoms with Crippen LogP contribution in [0.3, 0.4) is 0 Å². The van der Waals surface area contributed by atoms with Crippen molar-refractivity contribution in [1.82, 2.24) is 25.4 Å². The van der Waals surface area contributed by atoms with Gasteiger partial charge >= 0.3 is 0 Å². The van der Waals surface area contributed by atoms with Gasteiger partial charge in [-0.3, -0.25) is 19.7 Å². The summed E-state index contributed by atoms with van der Waals surface area (Å²) in [7, 11) is 0. The smallest absolute Gasteiger partial charge is 0.269 e. The van der Waals surface area contributed by atoms with Crippen LogP contribution in [0.5, 0.6) is 0 Å². The molecule has 23 heavy (non-hydrogen) atoms. The van der Waals surface area contributed by atoms with Crippen LogP contribution in [0.25, 0.3) is 0 Å². The topological polar surface area (TPSA) is 91.0 Å². The second-order valence-corrected chi connectivity index (χ2v) is 6.02. The molecule has 2 amide bonds. The van der Waals surface area contributed by atoms with Gasteiger partial charge in [0, 0.05) is 31.1 Å². The van der Waals surface area contributed by atoms with E-state index in [-0.39, 0.29) is 23.9 Å². The van der Waals surface area contributed by atoms with Gasteiger partial charge < -0.3 is 10.2 Å². The number of hydrogen-bond acceptors (Lipinski definition) is 4. The molecule has 118 valence electrons. The molecule has 2 aliphatic rings. The first-order valence-electron chi connectivity index (χ1n) is 7.75. The van der Waals surface area contributed by atoms with Gasteiger partial charge in [-0.2, -0.15) is 5.10 Å². The Balaban J connectivity index is 1.62. The molecule has 0 radical (unpaired) electrons. The van der Waals surface area contributed by atoms with Gasteiger partial charge in [0.25, 0.3) is 5.91 Å². The zero-order valence-corrected chi connectivity index (χ0v) is 12.5. The van der Waals surface area contributed by atoms with Crippen molar-refractivity contribution < 1.29 is 9.59 Å². The minimum atomic E-state index is -0.261. The largest absolute Gasteiger partial charge is 0.345 e. The molecule has 2 fully saturated rings. The maximum atomic E-state index is 12.5. The van der Waals surface area contributed by atoms with Crippen LogP contribution in [0.4, 0.5) is 0 Å². The predicted molar refractivity (Wildman–Crippen MR) is 81.3 cm³/mol. The SMILES string of the molecule is O=C(N[C@@H]1CC(=O)N(C2CC2)[C@H]1c1cccnc1)c1ccn[nH]1. The number of pyridine rings is 1. The minimum absolute atomic E-state index is 0.0938. The molecular weight excluding hydrogens is 294 g/mol. The van der Waals surface area contributed by atoms with Crippen molar-refractivity contribution in [3.63, 3.8) is 0 Å². The molecule has 3 heterocycles. The molecular formula is C16H17N5O2. The lowest BCUT2D eigenvalue weighted by atomic mass is 10.0. The average Bonchev–Trinajstić information content (AvgIpc) is 3.12. The van der Waals surface area contributed by atoms with Crippen molar-refractivity contribution in [2.75, 3.05) is 0 Å². The highest BCUT2D eigenvalue weighted by atomic mass is 16.2. The number of nitrogens with one attached hydrogen (secondary N) is 2. The van der Waals surface area contributed by atoms with Crippen LogP contribution in [0, 0.1) is 0 Å². The molecule has 2 aromatic rings. The van der Waals surface area contributed by atoms with Crippen LogP contribution in [-0.4, -0.2) is 44.0 Å². The predicted octanol–water partition coefficient (Wildman–Crippen LogP) is 1.04. The van der Waals surface area contributed by atoms with Crippen molar-refractivity contribution in [1.29, 1.82) is 0 Å². The number of carbonyl (C=O) groups is 2. The van der Waals surface area contributed by atoms with Gasteiger partial charge in [-0.05, 0) is 30.5 Å². The van der Waals surface area contributed by atoms with E-state index in [1.807, 2.05) is 17.0 Å². The van der Waals surface area contributed by atoms with Crippen LogP contribution >= 0.6 is 0 Å². The van der Waals surface area contributed by atoms with E-state index >= 15 is 0 Å². The number of carbonyl (C=O) groups excluding carboxylic acids is 2. The molecule has 1 aliphatic carbocycles. The van der Waals surface area contributed by atoms with E-state index in [2.05, 4.69) is 20.5 Å². The highest BCUT2D eigenvalue weighted by Crippen LogP contribution is 2.41. The third kappa shape index (κ3) is 2.58. The van der Waals surface area contributed by atoms with Gasteiger partial charge in [-0.25, -0.2) is 0 Å². The zero-order chi connectivity index (χ0) is 15.8. The Morgan fingerprint density at radius 3 is 2.83 bits per heavy atom. The highest BCUT2D eigenvalue weighted by molar-refractivity contribution is 5.93. The first kappa shape index (κ1) is 13.9. The summed E-state index contributed by atoms with van der Waals surface area (Å²) >= 11 is 0. The Hall–Kier alpha value is -2.70. The van der Waals surface area contributed by atoms with Gasteiger partial charge in [0.1, 0.15) is 5.69 Å². The molecule has 1 aliphatic heterocycles. The van der Waals surface area contributed by atoms with Crippen molar-refractivity contribution in [3.05, 3.63) is 48.0 Å². The molecule has 2 N–H and O–H groups in total. The molecule has 7 nitrogen and oxygen atoms in total. The standard InChI is InChI=1S/C16H17N5O2/c22-14-8-13(19-16(23)12-5-7-18-20-12)15(21(14)11-3-4-11)10-2-1-6-17-9-10/h1-2,5-7,9,11,13,15H,3-4,8H2,(H,18,20)(H,19,23)/t13-,15+/m1/s1. The molecule has 1 saturated heterocycles. The van der Waals surface area contributed by atoms with E-state index in [0.717, 1.165) is 18.4 Å². The average molecular weight is 311 g/mol. The van der Waals surface area contributed by atoms with Crippen molar-refractivity contribution in [3.8, 4) is 0 Å². The Morgan fingerprint density at radius 2 is 2.17 bits per heavy atom. The fourth-order valence-electron chi connectivity index (χ4n) is 3.24. The first-order chi connectivity index (χ1) is 11.2. The molecule has 7 heteroatoms. The molecule has 1 saturated carbocycles. The minimum Gasteiger partial charge on any atom is -0.345 e. The van der Waals surface area contributed by atoms with E-state index < -0.39 is 0 Å².